The summed E-state index contributed by atoms with van der Waals surface area (Å²) in [5, 5.41) is 21.8. The van der Waals surface area contributed by atoms with Crippen molar-refractivity contribution in [1.29, 1.82) is 0 Å². The van der Waals surface area contributed by atoms with Crippen molar-refractivity contribution >= 4 is 17.5 Å². The average molecular weight is 625 g/mol. The van der Waals surface area contributed by atoms with Gasteiger partial charge in [-0.3, -0.25) is 14.4 Å². The summed E-state index contributed by atoms with van der Waals surface area (Å²) >= 11 is 0. The summed E-state index contributed by atoms with van der Waals surface area (Å²) in [6.45, 7) is 5.70. The number of hydrogen-bond acceptors (Lipinski definition) is 6. The Balaban J connectivity index is 1.25. The highest BCUT2D eigenvalue weighted by molar-refractivity contribution is 6.01. The number of esters is 1. The lowest BCUT2D eigenvalue weighted by atomic mass is 9.46. The molecule has 0 aromatic heterocycles. The number of Topliss-reactive ketones (excluding diaryl/α,β-unsaturated/α-hetero) is 1. The highest BCUT2D eigenvalue weighted by Crippen LogP contribution is 2.67. The van der Waals surface area contributed by atoms with Gasteiger partial charge in [0.25, 0.3) is 0 Å². The van der Waals surface area contributed by atoms with Crippen LogP contribution in [0.25, 0.3) is 0 Å². The number of fused-ring (bicyclic) bond motifs is 5. The predicted molar refractivity (Wildman–Crippen MR) is 178 cm³/mol. The number of hydrogen-bond donors (Lipinski definition) is 2. The number of ether oxygens (including phenoxy) is 1. The minimum atomic E-state index is -1.41. The van der Waals surface area contributed by atoms with Crippen LogP contribution in [-0.2, 0) is 19.1 Å². The van der Waals surface area contributed by atoms with Crippen molar-refractivity contribution in [3.63, 3.8) is 0 Å². The second-order valence-corrected chi connectivity index (χ2v) is 15.0. The second kappa shape index (κ2) is 16.2. The molecule has 6 nitrogen and oxygen atoms in total. The van der Waals surface area contributed by atoms with Gasteiger partial charge in [-0.2, -0.15) is 0 Å². The molecule has 4 aliphatic rings. The highest BCUT2D eigenvalue weighted by atomic mass is 16.6. The van der Waals surface area contributed by atoms with Gasteiger partial charge in [0, 0.05) is 23.2 Å². The van der Waals surface area contributed by atoms with Gasteiger partial charge < -0.3 is 14.9 Å². The number of ketones is 2. The van der Waals surface area contributed by atoms with Crippen LogP contribution >= 0.6 is 0 Å². The Labute approximate surface area is 272 Å². The zero-order valence-electron chi connectivity index (χ0n) is 28.4. The van der Waals surface area contributed by atoms with E-state index >= 15 is 0 Å². The number of aliphatic hydroxyl groups is 2. The Hall–Kier alpha value is -2.05. The van der Waals surface area contributed by atoms with Gasteiger partial charge in [0.2, 0.25) is 5.78 Å². The van der Waals surface area contributed by atoms with Crippen molar-refractivity contribution in [2.24, 2.45) is 28.6 Å². The number of carbonyl (C=O) groups is 3. The van der Waals surface area contributed by atoms with Crippen LogP contribution in [0.1, 0.15) is 143 Å². The zero-order chi connectivity index (χ0) is 32.5. The van der Waals surface area contributed by atoms with E-state index in [0.29, 0.717) is 19.3 Å². The summed E-state index contributed by atoms with van der Waals surface area (Å²) in [5.74, 6) is -0.659. The smallest absolute Gasteiger partial charge is 0.306 e. The largest absolute Gasteiger partial charge is 0.450 e. The lowest BCUT2D eigenvalue weighted by molar-refractivity contribution is -0.200. The van der Waals surface area contributed by atoms with Crippen LogP contribution < -0.4 is 0 Å². The molecule has 2 N–H and O–H groups in total. The Morgan fingerprint density at radius 1 is 0.956 bits per heavy atom. The first kappa shape index (κ1) is 35.8. The average Bonchev–Trinajstić information content (AvgIpc) is 3.30. The molecule has 45 heavy (non-hydrogen) atoms. The van der Waals surface area contributed by atoms with Crippen LogP contribution in [0.5, 0.6) is 0 Å². The van der Waals surface area contributed by atoms with Crippen molar-refractivity contribution in [1.82, 2.24) is 0 Å². The molecule has 0 radical (unpaired) electrons. The van der Waals surface area contributed by atoms with Crippen LogP contribution in [0.2, 0.25) is 0 Å². The fourth-order valence-electron chi connectivity index (χ4n) is 9.71. The quantitative estimate of drug-likeness (QED) is 0.0907. The van der Waals surface area contributed by atoms with Gasteiger partial charge in [-0.1, -0.05) is 95.9 Å². The molecule has 252 valence electrons. The van der Waals surface area contributed by atoms with E-state index in [9.17, 15) is 24.6 Å². The third kappa shape index (κ3) is 7.75. The van der Waals surface area contributed by atoms with Crippen molar-refractivity contribution in [2.75, 3.05) is 6.61 Å². The normalized spacial score (nSPS) is 33.9. The predicted octanol–water partition coefficient (Wildman–Crippen LogP) is 8.15. The molecule has 0 bridgehead atoms. The van der Waals surface area contributed by atoms with E-state index in [1.165, 1.54) is 44.9 Å². The van der Waals surface area contributed by atoms with Crippen LogP contribution in [0.15, 0.2) is 36.0 Å². The summed E-state index contributed by atoms with van der Waals surface area (Å²) in [6.07, 6.45) is 27.9. The van der Waals surface area contributed by atoms with Gasteiger partial charge in [0.05, 0.1) is 6.10 Å². The molecule has 0 saturated heterocycles. The van der Waals surface area contributed by atoms with E-state index in [4.69, 9.17) is 4.74 Å². The van der Waals surface area contributed by atoms with E-state index in [1.807, 2.05) is 13.0 Å². The van der Waals surface area contributed by atoms with Crippen LogP contribution in [0.3, 0.4) is 0 Å². The molecular formula is C39H60O6. The standard InChI is InChI=1S/C39H60O6/c1-4-5-6-7-8-9-10-11-12-13-14-15-16-17-18-19-35(44)45-39(34(43)28-40)25-23-32-31-21-20-29-26-30(41)22-24-37(29,2)36(31)33(42)27-38(32,39)3/h11-12,22,24,26,31-33,36,40,42H,4-10,13-21,23,25,27-28H2,1-3H3/b12-11+/t31-,32-,33-,36+,37-,38-,39-/m0/s1. The molecule has 3 fully saturated rings. The Kier molecular flexibility index (Phi) is 12.9. The van der Waals surface area contributed by atoms with Gasteiger partial charge in [-0.15, -0.1) is 0 Å². The number of rotatable bonds is 18. The molecule has 0 heterocycles. The minimum absolute atomic E-state index is 0.00244. The summed E-state index contributed by atoms with van der Waals surface area (Å²) in [6, 6.07) is 0. The molecule has 0 unspecified atom stereocenters. The molecule has 4 rings (SSSR count). The number of carbonyl (C=O) groups excluding carboxylic acids is 3. The van der Waals surface area contributed by atoms with E-state index in [-0.39, 0.29) is 35.9 Å². The molecule has 0 aromatic carbocycles. The van der Waals surface area contributed by atoms with Crippen LogP contribution in [0, 0.1) is 28.6 Å². The minimum Gasteiger partial charge on any atom is -0.450 e. The molecule has 6 heteroatoms. The highest BCUT2D eigenvalue weighted by Gasteiger charge is 2.70. The Morgan fingerprint density at radius 2 is 1.60 bits per heavy atom. The van der Waals surface area contributed by atoms with Crippen molar-refractivity contribution in [3.05, 3.63) is 36.0 Å². The van der Waals surface area contributed by atoms with E-state index in [2.05, 4.69) is 26.0 Å². The first-order chi connectivity index (χ1) is 21.6. The van der Waals surface area contributed by atoms with Gasteiger partial charge in [-0.25, -0.2) is 0 Å². The van der Waals surface area contributed by atoms with Gasteiger partial charge in [-0.05, 0) is 88.2 Å². The molecule has 4 aliphatic carbocycles. The first-order valence-electron chi connectivity index (χ1n) is 18.3. The molecular weight excluding hydrogens is 564 g/mol. The van der Waals surface area contributed by atoms with E-state index < -0.39 is 34.9 Å². The van der Waals surface area contributed by atoms with Crippen molar-refractivity contribution < 1.29 is 29.3 Å². The fourth-order valence-corrected chi connectivity index (χ4v) is 9.71. The Bertz CT molecular complexity index is 1120. The number of allylic oxidation sites excluding steroid dienone is 6. The number of aliphatic hydroxyl groups excluding tert-OH is 2. The summed E-state index contributed by atoms with van der Waals surface area (Å²) in [4.78, 5) is 38.8. The summed E-state index contributed by atoms with van der Waals surface area (Å²) in [7, 11) is 0. The maximum Gasteiger partial charge on any atom is 0.306 e. The van der Waals surface area contributed by atoms with E-state index in [0.717, 1.165) is 56.9 Å². The van der Waals surface area contributed by atoms with Gasteiger partial charge >= 0.3 is 5.97 Å². The molecule has 3 saturated carbocycles. The SMILES string of the molecule is CCCCCCCC/C=C/CCCCCCCC(=O)O[C@]1(C(=O)CO)CC[C@H]2[C@@H]3CCC4=CC(=O)C=C[C@]4(C)[C@H]3[C@@H](O)C[C@@]21C. The van der Waals surface area contributed by atoms with Crippen LogP contribution in [0.4, 0.5) is 0 Å². The van der Waals surface area contributed by atoms with E-state index in [1.54, 1.807) is 12.2 Å². The molecule has 0 aromatic rings. The van der Waals surface area contributed by atoms with Crippen molar-refractivity contribution in [3.8, 4) is 0 Å². The molecule has 7 atom stereocenters. The number of unbranched alkanes of at least 4 members (excludes halogenated alkanes) is 11. The maximum absolute atomic E-state index is 13.5. The van der Waals surface area contributed by atoms with Gasteiger partial charge in [0.1, 0.15) is 6.61 Å². The van der Waals surface area contributed by atoms with Crippen LogP contribution in [-0.4, -0.2) is 46.1 Å². The molecule has 0 aliphatic heterocycles. The fraction of sp³-hybridized carbons (Fsp3) is 0.769. The zero-order valence-corrected chi connectivity index (χ0v) is 28.4. The molecule has 0 amide bonds. The van der Waals surface area contributed by atoms with Gasteiger partial charge in [0.15, 0.2) is 11.4 Å². The third-order valence-electron chi connectivity index (χ3n) is 12.1. The second-order valence-electron chi connectivity index (χ2n) is 15.0. The van der Waals surface area contributed by atoms with Crippen molar-refractivity contribution in [2.45, 2.75) is 154 Å². The summed E-state index contributed by atoms with van der Waals surface area (Å²) < 4.78 is 6.18. The Morgan fingerprint density at radius 3 is 2.27 bits per heavy atom. The first-order valence-corrected chi connectivity index (χ1v) is 18.3. The third-order valence-corrected chi connectivity index (χ3v) is 12.1. The summed E-state index contributed by atoms with van der Waals surface area (Å²) in [5.41, 5.74) is -1.48. The lowest BCUT2D eigenvalue weighted by Gasteiger charge is -2.59. The topological polar surface area (TPSA) is 101 Å². The maximum atomic E-state index is 13.5. The molecule has 0 spiro atoms. The lowest BCUT2D eigenvalue weighted by Crippen LogP contribution is -2.63. The monoisotopic (exact) mass is 624 g/mol.